The number of hydrogen-bond donors (Lipinski definition) is 0. The molecule has 1 aliphatic rings. The number of fused-ring (bicyclic) bond motifs is 1. The van der Waals surface area contributed by atoms with Crippen LogP contribution in [0.5, 0.6) is 11.5 Å². The molecule has 4 nitrogen and oxygen atoms in total. The van der Waals surface area contributed by atoms with E-state index in [2.05, 4.69) is 0 Å². The molecule has 0 bridgehead atoms. The standard InChI is InChI=1S/C15H12F3NO3S/c16-15(17,18)8-19(6-10-3-4-23-7-10)14(20)11-1-2-12-13(5-11)22-9-21-12/h1-5,7H,6,8-9H2. The van der Waals surface area contributed by atoms with Crippen LogP contribution in [0.4, 0.5) is 13.2 Å². The van der Waals surface area contributed by atoms with E-state index in [1.54, 1.807) is 16.8 Å². The van der Waals surface area contributed by atoms with E-state index >= 15 is 0 Å². The SMILES string of the molecule is O=C(c1ccc2c(c1)OCO2)N(Cc1ccsc1)CC(F)(F)F. The van der Waals surface area contributed by atoms with Crippen molar-refractivity contribution >= 4 is 17.2 Å². The summed E-state index contributed by atoms with van der Waals surface area (Å²) in [5.41, 5.74) is 0.794. The summed E-state index contributed by atoms with van der Waals surface area (Å²) in [5, 5.41) is 3.47. The lowest BCUT2D eigenvalue weighted by Crippen LogP contribution is -2.38. The van der Waals surface area contributed by atoms with Crippen LogP contribution in [0.3, 0.4) is 0 Å². The summed E-state index contributed by atoms with van der Waals surface area (Å²) in [6.07, 6.45) is -4.47. The molecule has 0 unspecified atom stereocenters. The van der Waals surface area contributed by atoms with Gasteiger partial charge in [-0.2, -0.15) is 24.5 Å². The van der Waals surface area contributed by atoms with Gasteiger partial charge in [-0.3, -0.25) is 4.79 Å². The summed E-state index contributed by atoms with van der Waals surface area (Å²) in [6.45, 7) is -1.37. The van der Waals surface area contributed by atoms with E-state index in [1.165, 1.54) is 29.5 Å². The minimum absolute atomic E-state index is 0.0359. The van der Waals surface area contributed by atoms with E-state index in [0.717, 1.165) is 4.90 Å². The van der Waals surface area contributed by atoms with Crippen molar-refractivity contribution < 1.29 is 27.4 Å². The molecule has 1 aromatic heterocycles. The minimum Gasteiger partial charge on any atom is -0.454 e. The Kier molecular flexibility index (Phi) is 4.16. The number of carbonyl (C=O) groups is 1. The molecule has 0 spiro atoms. The lowest BCUT2D eigenvalue weighted by Gasteiger charge is -2.23. The molecule has 1 aliphatic heterocycles. The van der Waals surface area contributed by atoms with Gasteiger partial charge in [0, 0.05) is 12.1 Å². The Balaban J connectivity index is 1.84. The Morgan fingerprint density at radius 2 is 2.00 bits per heavy atom. The molecule has 0 saturated heterocycles. The van der Waals surface area contributed by atoms with Gasteiger partial charge in [0.15, 0.2) is 11.5 Å². The number of ether oxygens (including phenoxy) is 2. The second kappa shape index (κ2) is 6.11. The first kappa shape index (κ1) is 15.7. The van der Waals surface area contributed by atoms with Gasteiger partial charge >= 0.3 is 6.18 Å². The van der Waals surface area contributed by atoms with Crippen LogP contribution in [0.2, 0.25) is 0 Å². The Labute approximate surface area is 134 Å². The fraction of sp³-hybridized carbons (Fsp3) is 0.267. The predicted octanol–water partition coefficient (Wildman–Crippen LogP) is 3.68. The predicted molar refractivity (Wildman–Crippen MR) is 77.7 cm³/mol. The molecule has 122 valence electrons. The van der Waals surface area contributed by atoms with Gasteiger partial charge in [0.25, 0.3) is 5.91 Å². The highest BCUT2D eigenvalue weighted by atomic mass is 32.1. The average Bonchev–Trinajstić information content (AvgIpc) is 3.14. The first-order chi connectivity index (χ1) is 10.9. The van der Waals surface area contributed by atoms with Crippen molar-refractivity contribution in [2.24, 2.45) is 0 Å². The number of halogens is 3. The number of alkyl halides is 3. The Morgan fingerprint density at radius 3 is 2.70 bits per heavy atom. The van der Waals surface area contributed by atoms with Gasteiger partial charge in [0.05, 0.1) is 0 Å². The summed E-state index contributed by atoms with van der Waals surface area (Å²) < 4.78 is 48.7. The molecular formula is C15H12F3NO3S. The van der Waals surface area contributed by atoms with E-state index in [1.807, 2.05) is 0 Å². The summed E-state index contributed by atoms with van der Waals surface area (Å²) in [4.78, 5) is 13.3. The highest BCUT2D eigenvalue weighted by molar-refractivity contribution is 7.07. The topological polar surface area (TPSA) is 38.8 Å². The number of rotatable bonds is 4. The Bertz CT molecular complexity index is 700. The third kappa shape index (κ3) is 3.76. The summed E-state index contributed by atoms with van der Waals surface area (Å²) >= 11 is 1.37. The van der Waals surface area contributed by atoms with Gasteiger partial charge in [-0.25, -0.2) is 0 Å². The van der Waals surface area contributed by atoms with Crippen molar-refractivity contribution in [1.29, 1.82) is 0 Å². The lowest BCUT2D eigenvalue weighted by atomic mass is 10.1. The molecule has 0 radical (unpaired) electrons. The Morgan fingerprint density at radius 1 is 1.22 bits per heavy atom. The van der Waals surface area contributed by atoms with Crippen molar-refractivity contribution in [2.75, 3.05) is 13.3 Å². The van der Waals surface area contributed by atoms with Gasteiger partial charge < -0.3 is 14.4 Å². The molecule has 2 aromatic rings. The monoisotopic (exact) mass is 343 g/mol. The van der Waals surface area contributed by atoms with Crippen LogP contribution >= 0.6 is 11.3 Å². The number of amides is 1. The van der Waals surface area contributed by atoms with Crippen LogP contribution in [-0.4, -0.2) is 30.3 Å². The third-order valence-electron chi connectivity index (χ3n) is 3.23. The maximum absolute atomic E-state index is 12.8. The number of thiophene rings is 1. The third-order valence-corrected chi connectivity index (χ3v) is 3.96. The molecule has 23 heavy (non-hydrogen) atoms. The van der Waals surface area contributed by atoms with Crippen LogP contribution in [0.25, 0.3) is 0 Å². The molecule has 8 heteroatoms. The molecule has 0 fully saturated rings. The molecule has 0 N–H and O–H groups in total. The summed E-state index contributed by atoms with van der Waals surface area (Å²) in [5.74, 6) is 0.131. The zero-order chi connectivity index (χ0) is 16.4. The van der Waals surface area contributed by atoms with E-state index < -0.39 is 18.6 Å². The van der Waals surface area contributed by atoms with E-state index in [0.29, 0.717) is 17.1 Å². The first-order valence-electron chi connectivity index (χ1n) is 6.69. The number of nitrogens with zero attached hydrogens (tertiary/aromatic N) is 1. The quantitative estimate of drug-likeness (QED) is 0.850. The maximum atomic E-state index is 12.8. The number of carbonyl (C=O) groups excluding carboxylic acids is 1. The molecule has 3 rings (SSSR count). The van der Waals surface area contributed by atoms with Gasteiger partial charge in [0.2, 0.25) is 6.79 Å². The fourth-order valence-corrected chi connectivity index (χ4v) is 2.89. The van der Waals surface area contributed by atoms with Crippen molar-refractivity contribution in [3.63, 3.8) is 0 Å². The zero-order valence-electron chi connectivity index (χ0n) is 11.8. The minimum atomic E-state index is -4.47. The molecule has 2 heterocycles. The second-order valence-electron chi connectivity index (χ2n) is 4.98. The summed E-state index contributed by atoms with van der Waals surface area (Å²) in [7, 11) is 0. The molecule has 0 aliphatic carbocycles. The molecule has 1 amide bonds. The lowest BCUT2D eigenvalue weighted by molar-refractivity contribution is -0.141. The van der Waals surface area contributed by atoms with Crippen LogP contribution in [0.1, 0.15) is 15.9 Å². The van der Waals surface area contributed by atoms with Crippen LogP contribution in [0.15, 0.2) is 35.0 Å². The molecule has 1 aromatic carbocycles. The number of hydrogen-bond acceptors (Lipinski definition) is 4. The van der Waals surface area contributed by atoms with Crippen LogP contribution < -0.4 is 9.47 Å². The summed E-state index contributed by atoms with van der Waals surface area (Å²) in [6, 6.07) is 6.06. The van der Waals surface area contributed by atoms with Gasteiger partial charge in [-0.15, -0.1) is 0 Å². The average molecular weight is 343 g/mol. The smallest absolute Gasteiger partial charge is 0.406 e. The van der Waals surface area contributed by atoms with E-state index in [4.69, 9.17) is 9.47 Å². The molecule has 0 atom stereocenters. The maximum Gasteiger partial charge on any atom is 0.406 e. The van der Waals surface area contributed by atoms with Gasteiger partial charge in [-0.1, -0.05) is 0 Å². The zero-order valence-corrected chi connectivity index (χ0v) is 12.6. The second-order valence-corrected chi connectivity index (χ2v) is 5.76. The highest BCUT2D eigenvalue weighted by Gasteiger charge is 2.33. The van der Waals surface area contributed by atoms with E-state index in [9.17, 15) is 18.0 Å². The van der Waals surface area contributed by atoms with Gasteiger partial charge in [0.1, 0.15) is 6.54 Å². The van der Waals surface area contributed by atoms with Crippen molar-refractivity contribution in [3.05, 3.63) is 46.2 Å². The first-order valence-corrected chi connectivity index (χ1v) is 7.63. The fourth-order valence-electron chi connectivity index (χ4n) is 2.23. The van der Waals surface area contributed by atoms with Crippen LogP contribution in [-0.2, 0) is 6.54 Å². The Hall–Kier alpha value is -2.22. The van der Waals surface area contributed by atoms with Gasteiger partial charge in [-0.05, 0) is 40.6 Å². The van der Waals surface area contributed by atoms with Crippen molar-refractivity contribution in [1.82, 2.24) is 4.90 Å². The highest BCUT2D eigenvalue weighted by Crippen LogP contribution is 2.33. The van der Waals surface area contributed by atoms with Crippen molar-refractivity contribution in [3.8, 4) is 11.5 Å². The largest absolute Gasteiger partial charge is 0.454 e. The molecule has 0 saturated carbocycles. The van der Waals surface area contributed by atoms with E-state index in [-0.39, 0.29) is 18.9 Å². The van der Waals surface area contributed by atoms with Crippen molar-refractivity contribution in [2.45, 2.75) is 12.7 Å². The molecular weight excluding hydrogens is 331 g/mol. The number of benzene rings is 1. The normalized spacial score (nSPS) is 13.2. The van der Waals surface area contributed by atoms with Crippen LogP contribution in [0, 0.1) is 0 Å².